The van der Waals surface area contributed by atoms with Crippen LogP contribution in [0.1, 0.15) is 5.56 Å². The first kappa shape index (κ1) is 14.7. The number of anilines is 1. The van der Waals surface area contributed by atoms with E-state index in [0.717, 1.165) is 43.2 Å². The van der Waals surface area contributed by atoms with E-state index < -0.39 is 0 Å². The lowest BCUT2D eigenvalue weighted by atomic mass is 10.2. The van der Waals surface area contributed by atoms with Crippen molar-refractivity contribution in [3.8, 4) is 11.5 Å². The molecule has 0 spiro atoms. The molecule has 116 valence electrons. The van der Waals surface area contributed by atoms with E-state index in [-0.39, 0.29) is 0 Å². The fraction of sp³-hybridized carbons (Fsp3) is 0.333. The standard InChI is InChI=1S/C18H22N2O2/c1-21-18-13-16(20-11-9-19-10-12-20)7-8-17(18)22-14-15-5-3-2-4-6-15/h2-8,13,19H,9-12,14H2,1H3. The molecule has 0 bridgehead atoms. The highest BCUT2D eigenvalue weighted by Crippen LogP contribution is 2.32. The first-order valence-electron chi connectivity index (χ1n) is 7.67. The Kier molecular flexibility index (Phi) is 4.81. The predicted molar refractivity (Wildman–Crippen MR) is 88.9 cm³/mol. The molecule has 4 nitrogen and oxygen atoms in total. The molecule has 0 amide bonds. The van der Waals surface area contributed by atoms with E-state index in [4.69, 9.17) is 9.47 Å². The summed E-state index contributed by atoms with van der Waals surface area (Å²) in [5, 5.41) is 3.37. The van der Waals surface area contributed by atoms with Crippen LogP contribution in [0.4, 0.5) is 5.69 Å². The molecule has 0 atom stereocenters. The van der Waals surface area contributed by atoms with Gasteiger partial charge in [-0.2, -0.15) is 0 Å². The summed E-state index contributed by atoms with van der Waals surface area (Å²) >= 11 is 0. The number of methoxy groups -OCH3 is 1. The van der Waals surface area contributed by atoms with E-state index >= 15 is 0 Å². The summed E-state index contributed by atoms with van der Waals surface area (Å²) in [6, 6.07) is 16.3. The van der Waals surface area contributed by atoms with Crippen LogP contribution >= 0.6 is 0 Å². The Balaban J connectivity index is 1.71. The molecule has 3 rings (SSSR count). The Bertz CT molecular complexity index is 595. The van der Waals surface area contributed by atoms with E-state index in [1.54, 1.807) is 7.11 Å². The molecule has 1 fully saturated rings. The molecule has 0 radical (unpaired) electrons. The van der Waals surface area contributed by atoms with Gasteiger partial charge in [0, 0.05) is 37.9 Å². The Morgan fingerprint density at radius 3 is 2.50 bits per heavy atom. The minimum Gasteiger partial charge on any atom is -0.493 e. The fourth-order valence-corrected chi connectivity index (χ4v) is 2.63. The monoisotopic (exact) mass is 298 g/mol. The Morgan fingerprint density at radius 1 is 1.00 bits per heavy atom. The van der Waals surface area contributed by atoms with Gasteiger partial charge in [-0.1, -0.05) is 30.3 Å². The molecular formula is C18H22N2O2. The maximum atomic E-state index is 5.90. The van der Waals surface area contributed by atoms with E-state index in [9.17, 15) is 0 Å². The number of nitrogens with zero attached hydrogens (tertiary/aromatic N) is 1. The predicted octanol–water partition coefficient (Wildman–Crippen LogP) is 2.68. The van der Waals surface area contributed by atoms with Gasteiger partial charge in [0.05, 0.1) is 7.11 Å². The zero-order chi connectivity index (χ0) is 15.2. The highest BCUT2D eigenvalue weighted by Gasteiger charge is 2.13. The van der Waals surface area contributed by atoms with Crippen LogP contribution < -0.4 is 19.7 Å². The van der Waals surface area contributed by atoms with Gasteiger partial charge in [-0.25, -0.2) is 0 Å². The van der Waals surface area contributed by atoms with Crippen molar-refractivity contribution >= 4 is 5.69 Å². The van der Waals surface area contributed by atoms with E-state index in [1.165, 1.54) is 5.69 Å². The number of ether oxygens (including phenoxy) is 2. The molecule has 1 aliphatic heterocycles. The number of hydrogen-bond donors (Lipinski definition) is 1. The van der Waals surface area contributed by atoms with Crippen molar-refractivity contribution in [3.63, 3.8) is 0 Å². The first-order chi connectivity index (χ1) is 10.9. The number of rotatable bonds is 5. The first-order valence-corrected chi connectivity index (χ1v) is 7.67. The number of nitrogens with one attached hydrogen (secondary N) is 1. The average molecular weight is 298 g/mol. The van der Waals surface area contributed by atoms with E-state index in [2.05, 4.69) is 34.5 Å². The molecule has 0 aromatic heterocycles. The van der Waals surface area contributed by atoms with Crippen LogP contribution in [0.2, 0.25) is 0 Å². The van der Waals surface area contributed by atoms with Gasteiger partial charge in [-0.3, -0.25) is 0 Å². The van der Waals surface area contributed by atoms with Gasteiger partial charge in [0.1, 0.15) is 6.61 Å². The lowest BCUT2D eigenvalue weighted by Crippen LogP contribution is -2.43. The summed E-state index contributed by atoms with van der Waals surface area (Å²) in [5.74, 6) is 1.57. The minimum absolute atomic E-state index is 0.546. The third-order valence-electron chi connectivity index (χ3n) is 3.87. The second-order valence-electron chi connectivity index (χ2n) is 5.35. The summed E-state index contributed by atoms with van der Waals surface area (Å²) in [6.07, 6.45) is 0. The van der Waals surface area contributed by atoms with Crippen LogP contribution in [-0.2, 0) is 6.61 Å². The molecule has 1 saturated heterocycles. The van der Waals surface area contributed by atoms with Crippen LogP contribution in [0.15, 0.2) is 48.5 Å². The van der Waals surface area contributed by atoms with Crippen LogP contribution in [0, 0.1) is 0 Å². The smallest absolute Gasteiger partial charge is 0.162 e. The molecule has 2 aromatic carbocycles. The molecule has 1 N–H and O–H groups in total. The summed E-state index contributed by atoms with van der Waals surface area (Å²) in [4.78, 5) is 2.36. The van der Waals surface area contributed by atoms with Crippen molar-refractivity contribution in [1.29, 1.82) is 0 Å². The molecule has 0 saturated carbocycles. The van der Waals surface area contributed by atoms with Crippen molar-refractivity contribution in [2.24, 2.45) is 0 Å². The maximum absolute atomic E-state index is 5.90. The molecule has 1 heterocycles. The van der Waals surface area contributed by atoms with E-state index in [0.29, 0.717) is 6.61 Å². The number of hydrogen-bond acceptors (Lipinski definition) is 4. The summed E-state index contributed by atoms with van der Waals surface area (Å²) < 4.78 is 11.4. The van der Waals surface area contributed by atoms with E-state index in [1.807, 2.05) is 24.3 Å². The molecule has 1 aliphatic rings. The number of piperazine rings is 1. The van der Waals surface area contributed by atoms with Crippen molar-refractivity contribution in [3.05, 3.63) is 54.1 Å². The van der Waals surface area contributed by atoms with Gasteiger partial charge in [0.25, 0.3) is 0 Å². The van der Waals surface area contributed by atoms with Crippen molar-refractivity contribution < 1.29 is 9.47 Å². The van der Waals surface area contributed by atoms with Crippen LogP contribution in [-0.4, -0.2) is 33.3 Å². The zero-order valence-electron chi connectivity index (χ0n) is 12.9. The Hall–Kier alpha value is -2.20. The SMILES string of the molecule is COc1cc(N2CCNCC2)ccc1OCc1ccccc1. The second-order valence-corrected chi connectivity index (χ2v) is 5.35. The summed E-state index contributed by atoms with van der Waals surface area (Å²) in [6.45, 7) is 4.63. The average Bonchev–Trinajstić information content (AvgIpc) is 2.61. The van der Waals surface area contributed by atoms with Gasteiger partial charge < -0.3 is 19.7 Å². The van der Waals surface area contributed by atoms with Crippen LogP contribution in [0.5, 0.6) is 11.5 Å². The normalized spacial score (nSPS) is 14.7. The summed E-state index contributed by atoms with van der Waals surface area (Å²) in [7, 11) is 1.69. The van der Waals surface area contributed by atoms with Gasteiger partial charge in [-0.05, 0) is 17.7 Å². The molecule has 0 unspecified atom stereocenters. The lowest BCUT2D eigenvalue weighted by Gasteiger charge is -2.29. The molecule has 2 aromatic rings. The maximum Gasteiger partial charge on any atom is 0.162 e. The highest BCUT2D eigenvalue weighted by atomic mass is 16.5. The van der Waals surface area contributed by atoms with Gasteiger partial charge >= 0.3 is 0 Å². The van der Waals surface area contributed by atoms with Gasteiger partial charge in [0.2, 0.25) is 0 Å². The second kappa shape index (κ2) is 7.18. The molecule has 0 aliphatic carbocycles. The Morgan fingerprint density at radius 2 is 1.77 bits per heavy atom. The molecule has 4 heteroatoms. The van der Waals surface area contributed by atoms with Crippen molar-refractivity contribution in [1.82, 2.24) is 5.32 Å². The quantitative estimate of drug-likeness (QED) is 0.920. The minimum atomic E-state index is 0.546. The summed E-state index contributed by atoms with van der Waals surface area (Å²) in [5.41, 5.74) is 2.33. The molecule has 22 heavy (non-hydrogen) atoms. The van der Waals surface area contributed by atoms with Crippen LogP contribution in [0.3, 0.4) is 0 Å². The van der Waals surface area contributed by atoms with Gasteiger partial charge in [-0.15, -0.1) is 0 Å². The topological polar surface area (TPSA) is 33.7 Å². The largest absolute Gasteiger partial charge is 0.493 e. The third kappa shape index (κ3) is 3.52. The molecular weight excluding hydrogens is 276 g/mol. The number of benzene rings is 2. The van der Waals surface area contributed by atoms with Crippen molar-refractivity contribution in [2.75, 3.05) is 38.2 Å². The Labute approximate surface area is 131 Å². The van der Waals surface area contributed by atoms with Gasteiger partial charge in [0.15, 0.2) is 11.5 Å². The fourth-order valence-electron chi connectivity index (χ4n) is 2.63. The van der Waals surface area contributed by atoms with Crippen LogP contribution in [0.25, 0.3) is 0 Å². The lowest BCUT2D eigenvalue weighted by molar-refractivity contribution is 0.284. The third-order valence-corrected chi connectivity index (χ3v) is 3.87. The zero-order valence-corrected chi connectivity index (χ0v) is 12.9. The highest BCUT2D eigenvalue weighted by molar-refractivity contribution is 5.56. The van der Waals surface area contributed by atoms with Crippen molar-refractivity contribution in [2.45, 2.75) is 6.61 Å².